The number of rotatable bonds is 2. The Morgan fingerprint density at radius 3 is 2.35 bits per heavy atom. The number of nitrogens with one attached hydrogen (secondary N) is 2. The highest BCUT2D eigenvalue weighted by Gasteiger charge is 2.05. The first kappa shape index (κ1) is 15.2. The van der Waals surface area contributed by atoms with Crippen LogP contribution in [-0.2, 0) is 0 Å². The number of fused-ring (bicyclic) bond motifs is 1. The molecule has 4 nitrogen and oxygen atoms in total. The van der Waals surface area contributed by atoms with E-state index < -0.39 is 0 Å². The zero-order valence-electron chi connectivity index (χ0n) is 12.8. The van der Waals surface area contributed by atoms with Gasteiger partial charge in [-0.25, -0.2) is 4.79 Å². The first-order valence-electron chi connectivity index (χ1n) is 7.20. The van der Waals surface area contributed by atoms with Gasteiger partial charge in [0.25, 0.3) is 0 Å². The van der Waals surface area contributed by atoms with Crippen molar-refractivity contribution in [3.05, 3.63) is 70.1 Å². The lowest BCUT2D eigenvalue weighted by atomic mass is 10.1. The largest absolute Gasteiger partial charge is 0.423 e. The Morgan fingerprint density at radius 2 is 1.61 bits per heavy atom. The summed E-state index contributed by atoms with van der Waals surface area (Å²) in [6.45, 7) is 3.92. The second kappa shape index (κ2) is 6.22. The molecule has 0 saturated carbocycles. The molecular formula is C18H16N2O2S. The highest BCUT2D eigenvalue weighted by molar-refractivity contribution is 7.80. The molecule has 2 aromatic carbocycles. The van der Waals surface area contributed by atoms with Gasteiger partial charge in [0, 0.05) is 28.9 Å². The molecule has 0 unspecified atom stereocenters. The first-order valence-corrected chi connectivity index (χ1v) is 7.61. The summed E-state index contributed by atoms with van der Waals surface area (Å²) < 4.78 is 5.24. The Kier molecular flexibility index (Phi) is 4.12. The van der Waals surface area contributed by atoms with Crippen LogP contribution >= 0.6 is 12.2 Å². The van der Waals surface area contributed by atoms with E-state index in [2.05, 4.69) is 10.6 Å². The topological polar surface area (TPSA) is 54.3 Å². The van der Waals surface area contributed by atoms with Crippen molar-refractivity contribution in [2.45, 2.75) is 13.8 Å². The third-order valence-electron chi connectivity index (χ3n) is 3.52. The number of hydrogen-bond donors (Lipinski definition) is 2. The minimum atomic E-state index is -0.354. The molecule has 0 saturated heterocycles. The van der Waals surface area contributed by atoms with Crippen molar-refractivity contribution < 1.29 is 4.42 Å². The van der Waals surface area contributed by atoms with Crippen LogP contribution in [0.2, 0.25) is 0 Å². The molecule has 0 aliphatic rings. The van der Waals surface area contributed by atoms with Gasteiger partial charge in [0.15, 0.2) is 5.11 Å². The van der Waals surface area contributed by atoms with Gasteiger partial charge in [0.2, 0.25) is 0 Å². The quantitative estimate of drug-likeness (QED) is 0.546. The number of thiocarbonyl (C=S) groups is 1. The molecule has 0 aliphatic carbocycles. The predicted molar refractivity (Wildman–Crippen MR) is 98.2 cm³/mol. The fourth-order valence-electron chi connectivity index (χ4n) is 2.33. The lowest BCUT2D eigenvalue weighted by Gasteiger charge is -2.11. The van der Waals surface area contributed by atoms with E-state index in [1.54, 1.807) is 6.07 Å². The second-order valence-corrected chi connectivity index (χ2v) is 5.81. The summed E-state index contributed by atoms with van der Waals surface area (Å²) in [6.07, 6.45) is 0. The van der Waals surface area contributed by atoms with Gasteiger partial charge in [-0.3, -0.25) is 0 Å². The molecule has 1 heterocycles. The summed E-state index contributed by atoms with van der Waals surface area (Å²) in [4.78, 5) is 11.5. The molecule has 0 radical (unpaired) electrons. The Morgan fingerprint density at radius 1 is 0.957 bits per heavy atom. The van der Waals surface area contributed by atoms with E-state index in [9.17, 15) is 4.79 Å². The van der Waals surface area contributed by atoms with E-state index in [0.717, 1.165) is 22.3 Å². The van der Waals surface area contributed by atoms with Gasteiger partial charge in [-0.2, -0.15) is 0 Å². The third kappa shape index (κ3) is 3.57. The average molecular weight is 324 g/mol. The van der Waals surface area contributed by atoms with Gasteiger partial charge in [-0.15, -0.1) is 0 Å². The van der Waals surface area contributed by atoms with Gasteiger partial charge in [-0.05, 0) is 55.9 Å². The van der Waals surface area contributed by atoms with Crippen LogP contribution in [0.3, 0.4) is 0 Å². The summed E-state index contributed by atoms with van der Waals surface area (Å²) in [7, 11) is 0. The predicted octanol–water partition coefficient (Wildman–Crippen LogP) is 4.22. The minimum absolute atomic E-state index is 0.354. The molecule has 0 spiro atoms. The van der Waals surface area contributed by atoms with E-state index in [0.29, 0.717) is 10.7 Å². The van der Waals surface area contributed by atoms with Gasteiger partial charge in [0.05, 0.1) is 0 Å². The van der Waals surface area contributed by atoms with Gasteiger partial charge >= 0.3 is 5.63 Å². The fraction of sp³-hybridized carbons (Fsp3) is 0.111. The van der Waals surface area contributed by atoms with Crippen LogP contribution in [0.15, 0.2) is 57.7 Å². The molecule has 116 valence electrons. The van der Waals surface area contributed by atoms with Crippen LogP contribution in [0.5, 0.6) is 0 Å². The molecule has 3 rings (SSSR count). The molecule has 0 fully saturated rings. The summed E-state index contributed by atoms with van der Waals surface area (Å²) in [5.74, 6) is 0. The van der Waals surface area contributed by atoms with Crippen LogP contribution in [0.25, 0.3) is 11.0 Å². The van der Waals surface area contributed by atoms with Crippen LogP contribution in [0.4, 0.5) is 11.4 Å². The smallest absolute Gasteiger partial charge is 0.336 e. The normalized spacial score (nSPS) is 10.5. The standard InChI is InChI=1S/C18H16N2O2S/c1-11-3-5-13(6-4-11)19-18(23)20-14-7-8-15-12(2)9-17(21)22-16(15)10-14/h3-10H,1-2H3,(H2,19,20,23). The number of aryl methyl sites for hydroxylation is 2. The molecule has 2 N–H and O–H groups in total. The van der Waals surface area contributed by atoms with E-state index in [-0.39, 0.29) is 5.63 Å². The van der Waals surface area contributed by atoms with Crippen LogP contribution in [0, 0.1) is 13.8 Å². The third-order valence-corrected chi connectivity index (χ3v) is 3.72. The molecule has 3 aromatic rings. The van der Waals surface area contributed by atoms with Crippen LogP contribution in [-0.4, -0.2) is 5.11 Å². The SMILES string of the molecule is Cc1ccc(NC(=S)Nc2ccc3c(C)cc(=O)oc3c2)cc1. The van der Waals surface area contributed by atoms with Crippen molar-refractivity contribution in [2.24, 2.45) is 0 Å². The van der Waals surface area contributed by atoms with Crippen molar-refractivity contribution >= 4 is 39.7 Å². The molecule has 1 aromatic heterocycles. The summed E-state index contributed by atoms with van der Waals surface area (Å²) in [6, 6.07) is 15.0. The van der Waals surface area contributed by atoms with Crippen molar-refractivity contribution in [3.8, 4) is 0 Å². The minimum Gasteiger partial charge on any atom is -0.423 e. The second-order valence-electron chi connectivity index (χ2n) is 5.40. The van der Waals surface area contributed by atoms with Gasteiger partial charge in [0.1, 0.15) is 5.58 Å². The molecular weight excluding hydrogens is 308 g/mol. The Hall–Kier alpha value is -2.66. The number of anilines is 2. The Bertz CT molecular complexity index is 930. The van der Waals surface area contributed by atoms with E-state index in [1.807, 2.05) is 50.2 Å². The van der Waals surface area contributed by atoms with Crippen molar-refractivity contribution in [2.75, 3.05) is 10.6 Å². The van der Waals surface area contributed by atoms with Crippen molar-refractivity contribution in [1.29, 1.82) is 0 Å². The maximum atomic E-state index is 11.5. The fourth-order valence-corrected chi connectivity index (χ4v) is 2.57. The lowest BCUT2D eigenvalue weighted by Crippen LogP contribution is -2.19. The summed E-state index contributed by atoms with van der Waals surface area (Å²) in [5, 5.41) is 7.60. The number of benzene rings is 2. The van der Waals surface area contributed by atoms with Gasteiger partial charge in [-0.1, -0.05) is 17.7 Å². The Labute approximate surface area is 139 Å². The van der Waals surface area contributed by atoms with E-state index in [1.165, 1.54) is 11.6 Å². The number of hydrogen-bond acceptors (Lipinski definition) is 3. The maximum Gasteiger partial charge on any atom is 0.336 e. The average Bonchev–Trinajstić information content (AvgIpc) is 2.49. The molecule has 5 heteroatoms. The van der Waals surface area contributed by atoms with Crippen LogP contribution in [0.1, 0.15) is 11.1 Å². The van der Waals surface area contributed by atoms with E-state index >= 15 is 0 Å². The maximum absolute atomic E-state index is 11.5. The summed E-state index contributed by atoms with van der Waals surface area (Å²) in [5.41, 5.74) is 3.94. The highest BCUT2D eigenvalue weighted by Crippen LogP contribution is 2.21. The van der Waals surface area contributed by atoms with E-state index in [4.69, 9.17) is 16.6 Å². The monoisotopic (exact) mass is 324 g/mol. The molecule has 0 aliphatic heterocycles. The highest BCUT2D eigenvalue weighted by atomic mass is 32.1. The summed E-state index contributed by atoms with van der Waals surface area (Å²) >= 11 is 5.31. The molecule has 0 bridgehead atoms. The Balaban J connectivity index is 1.79. The lowest BCUT2D eigenvalue weighted by molar-refractivity contribution is 0.560. The molecule has 0 atom stereocenters. The zero-order valence-corrected chi connectivity index (χ0v) is 13.7. The van der Waals surface area contributed by atoms with Crippen molar-refractivity contribution in [3.63, 3.8) is 0 Å². The molecule has 23 heavy (non-hydrogen) atoms. The van der Waals surface area contributed by atoms with Crippen molar-refractivity contribution in [1.82, 2.24) is 0 Å². The van der Waals surface area contributed by atoms with Gasteiger partial charge < -0.3 is 15.1 Å². The van der Waals surface area contributed by atoms with Crippen LogP contribution < -0.4 is 16.3 Å². The molecule has 0 amide bonds. The first-order chi connectivity index (χ1) is 11.0. The zero-order chi connectivity index (χ0) is 16.4.